The van der Waals surface area contributed by atoms with Gasteiger partial charge in [-0.05, 0) is 30.7 Å². The van der Waals surface area contributed by atoms with Gasteiger partial charge in [-0.25, -0.2) is 4.79 Å². The Balaban J connectivity index is 2.17. The number of carbonyl (C=O) groups is 1. The second-order valence-corrected chi connectivity index (χ2v) is 5.36. The van der Waals surface area contributed by atoms with Gasteiger partial charge in [0.25, 0.3) is 0 Å². The molecule has 0 radical (unpaired) electrons. The number of aromatic carboxylic acids is 1. The van der Waals surface area contributed by atoms with E-state index < -0.39 is 5.97 Å². The van der Waals surface area contributed by atoms with Crippen LogP contribution in [-0.2, 0) is 5.75 Å². The number of thioether (sulfide) groups is 1. The topological polar surface area (TPSA) is 63.3 Å². The average molecular weight is 273 g/mol. The highest BCUT2D eigenvalue weighted by Gasteiger charge is 2.11. The van der Waals surface area contributed by atoms with Crippen molar-refractivity contribution in [3.63, 3.8) is 0 Å². The first-order chi connectivity index (χ1) is 9.06. The molecule has 3 N–H and O–H groups in total. The molecule has 0 amide bonds. The Morgan fingerprint density at radius 1 is 1.26 bits per heavy atom. The van der Waals surface area contributed by atoms with Gasteiger partial charge in [0.15, 0.2) is 0 Å². The molecule has 19 heavy (non-hydrogen) atoms. The van der Waals surface area contributed by atoms with Crippen molar-refractivity contribution in [1.82, 2.24) is 0 Å². The lowest BCUT2D eigenvalue weighted by molar-refractivity contribution is 0.0693. The van der Waals surface area contributed by atoms with Crippen molar-refractivity contribution < 1.29 is 9.90 Å². The molecular formula is C15H15NO2S. The van der Waals surface area contributed by atoms with Crippen molar-refractivity contribution in [3.8, 4) is 0 Å². The van der Waals surface area contributed by atoms with Crippen molar-refractivity contribution >= 4 is 23.4 Å². The minimum absolute atomic E-state index is 0.262. The predicted molar refractivity (Wildman–Crippen MR) is 78.6 cm³/mol. The van der Waals surface area contributed by atoms with Gasteiger partial charge in [0.2, 0.25) is 0 Å². The summed E-state index contributed by atoms with van der Waals surface area (Å²) in [4.78, 5) is 11.9. The van der Waals surface area contributed by atoms with E-state index in [0.29, 0.717) is 5.69 Å². The number of carboxylic acids is 1. The maximum atomic E-state index is 11.2. The number of benzene rings is 2. The average Bonchev–Trinajstić information content (AvgIpc) is 2.37. The van der Waals surface area contributed by atoms with E-state index in [1.54, 1.807) is 12.1 Å². The van der Waals surface area contributed by atoms with Crippen LogP contribution in [0.1, 0.15) is 21.5 Å². The molecule has 0 aliphatic heterocycles. The molecule has 3 nitrogen and oxygen atoms in total. The number of rotatable bonds is 4. The zero-order valence-electron chi connectivity index (χ0n) is 10.6. The van der Waals surface area contributed by atoms with Crippen molar-refractivity contribution in [2.24, 2.45) is 0 Å². The Morgan fingerprint density at radius 3 is 2.74 bits per heavy atom. The van der Waals surface area contributed by atoms with Crippen molar-refractivity contribution in [2.75, 3.05) is 5.73 Å². The molecule has 0 bridgehead atoms. The highest BCUT2D eigenvalue weighted by Crippen LogP contribution is 2.28. The molecule has 0 saturated heterocycles. The smallest absolute Gasteiger partial charge is 0.336 e. The van der Waals surface area contributed by atoms with Crippen LogP contribution in [0.2, 0.25) is 0 Å². The van der Waals surface area contributed by atoms with E-state index in [-0.39, 0.29) is 5.56 Å². The SMILES string of the molecule is Cc1cccc(CSc2ccc(N)cc2C(=O)O)c1. The molecule has 0 fully saturated rings. The second kappa shape index (κ2) is 5.80. The van der Waals surface area contributed by atoms with E-state index in [4.69, 9.17) is 10.8 Å². The van der Waals surface area contributed by atoms with Gasteiger partial charge in [0.05, 0.1) is 5.56 Å². The van der Waals surface area contributed by atoms with E-state index in [2.05, 4.69) is 6.07 Å². The molecule has 0 unspecified atom stereocenters. The van der Waals surface area contributed by atoms with E-state index in [0.717, 1.165) is 10.6 Å². The maximum Gasteiger partial charge on any atom is 0.336 e. The van der Waals surface area contributed by atoms with Gasteiger partial charge in [-0.3, -0.25) is 0 Å². The van der Waals surface area contributed by atoms with Gasteiger partial charge in [-0.1, -0.05) is 29.8 Å². The summed E-state index contributed by atoms with van der Waals surface area (Å²) < 4.78 is 0. The third-order valence-corrected chi connectivity index (χ3v) is 3.86. The fraction of sp³-hybridized carbons (Fsp3) is 0.133. The Morgan fingerprint density at radius 2 is 2.05 bits per heavy atom. The second-order valence-electron chi connectivity index (χ2n) is 4.34. The van der Waals surface area contributed by atoms with E-state index in [1.165, 1.54) is 29.0 Å². The lowest BCUT2D eigenvalue weighted by atomic mass is 10.2. The van der Waals surface area contributed by atoms with Gasteiger partial charge >= 0.3 is 5.97 Å². The molecule has 2 aromatic rings. The van der Waals surface area contributed by atoms with Gasteiger partial charge in [0.1, 0.15) is 0 Å². The van der Waals surface area contributed by atoms with Crippen LogP contribution in [0.15, 0.2) is 47.4 Å². The Bertz CT molecular complexity index is 611. The summed E-state index contributed by atoms with van der Waals surface area (Å²) in [6, 6.07) is 13.2. The molecule has 0 heterocycles. The van der Waals surface area contributed by atoms with Crippen LogP contribution in [0.3, 0.4) is 0 Å². The number of carboxylic acid groups (broad SMARTS) is 1. The quantitative estimate of drug-likeness (QED) is 0.660. The highest BCUT2D eigenvalue weighted by molar-refractivity contribution is 7.98. The number of aryl methyl sites for hydroxylation is 1. The van der Waals surface area contributed by atoms with E-state index >= 15 is 0 Å². The number of nitrogen functional groups attached to an aromatic ring is 1. The third kappa shape index (κ3) is 3.51. The van der Waals surface area contributed by atoms with Crippen LogP contribution in [0.25, 0.3) is 0 Å². The molecule has 0 atom stereocenters. The van der Waals surface area contributed by atoms with Crippen LogP contribution in [0.5, 0.6) is 0 Å². The predicted octanol–water partition coefficient (Wildman–Crippen LogP) is 3.57. The van der Waals surface area contributed by atoms with Gasteiger partial charge in [0, 0.05) is 16.3 Å². The largest absolute Gasteiger partial charge is 0.478 e. The van der Waals surface area contributed by atoms with E-state index in [1.807, 2.05) is 25.1 Å². The summed E-state index contributed by atoms with van der Waals surface area (Å²) in [6.45, 7) is 2.04. The summed E-state index contributed by atoms with van der Waals surface area (Å²) in [7, 11) is 0. The minimum atomic E-state index is -0.945. The Kier molecular flexibility index (Phi) is 4.12. The lowest BCUT2D eigenvalue weighted by Crippen LogP contribution is -2.00. The molecule has 2 aromatic carbocycles. The van der Waals surface area contributed by atoms with Crippen LogP contribution >= 0.6 is 11.8 Å². The fourth-order valence-electron chi connectivity index (χ4n) is 1.80. The summed E-state index contributed by atoms with van der Waals surface area (Å²) in [5, 5.41) is 9.16. The molecule has 0 aromatic heterocycles. The molecule has 4 heteroatoms. The fourth-order valence-corrected chi connectivity index (χ4v) is 2.77. The number of hydrogen-bond acceptors (Lipinski definition) is 3. The van der Waals surface area contributed by atoms with Crippen molar-refractivity contribution in [3.05, 3.63) is 59.2 Å². The monoisotopic (exact) mass is 273 g/mol. The summed E-state index contributed by atoms with van der Waals surface area (Å²) >= 11 is 1.51. The maximum absolute atomic E-state index is 11.2. The van der Waals surface area contributed by atoms with Crippen LogP contribution in [0.4, 0.5) is 5.69 Å². The van der Waals surface area contributed by atoms with Crippen molar-refractivity contribution in [1.29, 1.82) is 0 Å². The summed E-state index contributed by atoms with van der Waals surface area (Å²) in [6.07, 6.45) is 0. The molecule has 0 aliphatic rings. The summed E-state index contributed by atoms with van der Waals surface area (Å²) in [5.41, 5.74) is 8.73. The first-order valence-electron chi connectivity index (χ1n) is 5.87. The van der Waals surface area contributed by atoms with Crippen LogP contribution in [-0.4, -0.2) is 11.1 Å². The standard InChI is InChI=1S/C15H15NO2S/c1-10-3-2-4-11(7-10)9-19-14-6-5-12(16)8-13(14)15(17)18/h2-8H,9,16H2,1H3,(H,17,18). The third-order valence-electron chi connectivity index (χ3n) is 2.71. The molecule has 0 saturated carbocycles. The van der Waals surface area contributed by atoms with Crippen LogP contribution in [0, 0.1) is 6.92 Å². The van der Waals surface area contributed by atoms with Gasteiger partial charge in [-0.15, -0.1) is 11.8 Å². The van der Waals surface area contributed by atoms with Gasteiger partial charge < -0.3 is 10.8 Å². The molecule has 0 aliphatic carbocycles. The Labute approximate surface area is 116 Å². The normalized spacial score (nSPS) is 10.4. The summed E-state index contributed by atoms with van der Waals surface area (Å²) in [5.74, 6) is -0.203. The zero-order chi connectivity index (χ0) is 13.8. The highest BCUT2D eigenvalue weighted by atomic mass is 32.2. The van der Waals surface area contributed by atoms with Gasteiger partial charge in [-0.2, -0.15) is 0 Å². The van der Waals surface area contributed by atoms with Crippen molar-refractivity contribution in [2.45, 2.75) is 17.6 Å². The van der Waals surface area contributed by atoms with E-state index in [9.17, 15) is 4.79 Å². The Hall–Kier alpha value is -1.94. The van der Waals surface area contributed by atoms with Crippen LogP contribution < -0.4 is 5.73 Å². The molecule has 0 spiro atoms. The molecular weight excluding hydrogens is 258 g/mol. The molecule has 98 valence electrons. The first kappa shape index (κ1) is 13.5. The minimum Gasteiger partial charge on any atom is -0.478 e. The number of hydrogen-bond donors (Lipinski definition) is 2. The number of anilines is 1. The number of nitrogens with two attached hydrogens (primary N) is 1. The lowest BCUT2D eigenvalue weighted by Gasteiger charge is -2.07. The first-order valence-corrected chi connectivity index (χ1v) is 6.86. The zero-order valence-corrected chi connectivity index (χ0v) is 11.4. The molecule has 2 rings (SSSR count).